The van der Waals surface area contributed by atoms with E-state index in [1.807, 2.05) is 22.9 Å². The zero-order valence-electron chi connectivity index (χ0n) is 11.3. The van der Waals surface area contributed by atoms with E-state index in [4.69, 9.17) is 4.42 Å². The summed E-state index contributed by atoms with van der Waals surface area (Å²) in [5.41, 5.74) is -1.37. The molecule has 114 valence electrons. The van der Waals surface area contributed by atoms with Gasteiger partial charge in [0.15, 0.2) is 5.60 Å². The molecule has 0 saturated carbocycles. The van der Waals surface area contributed by atoms with Gasteiger partial charge in [0, 0.05) is 14.7 Å². The molecule has 0 radical (unpaired) electrons. The van der Waals surface area contributed by atoms with Gasteiger partial charge < -0.3 is 14.8 Å². The maximum Gasteiger partial charge on any atom is 0.261 e. The zero-order valence-corrected chi connectivity index (χ0v) is 14.5. The van der Waals surface area contributed by atoms with Crippen LogP contribution in [0, 0.1) is 0 Å². The third kappa shape index (κ3) is 3.03. The average molecular weight is 398 g/mol. The van der Waals surface area contributed by atoms with Crippen molar-refractivity contribution >= 4 is 44.5 Å². The van der Waals surface area contributed by atoms with Crippen molar-refractivity contribution in [3.05, 3.63) is 67.3 Å². The highest BCUT2D eigenvalue weighted by atomic mass is 79.9. The Morgan fingerprint density at radius 3 is 2.82 bits per heavy atom. The third-order valence-electron chi connectivity index (χ3n) is 3.15. The van der Waals surface area contributed by atoms with E-state index in [9.17, 15) is 9.90 Å². The minimum absolute atomic E-state index is 0.0371. The predicted molar refractivity (Wildman–Crippen MR) is 90.4 cm³/mol. The second kappa shape index (κ2) is 6.37. The summed E-state index contributed by atoms with van der Waals surface area (Å²) in [5.74, 6) is 0.180. The minimum Gasteiger partial charge on any atom is -0.466 e. The first-order valence-electron chi connectivity index (χ1n) is 6.42. The molecule has 3 aromatic heterocycles. The Morgan fingerprint density at radius 1 is 1.36 bits per heavy atom. The van der Waals surface area contributed by atoms with Gasteiger partial charge in [0.2, 0.25) is 0 Å². The Kier molecular flexibility index (Phi) is 4.49. The Bertz CT molecular complexity index is 715. The third-order valence-corrected chi connectivity index (χ3v) is 5.86. The van der Waals surface area contributed by atoms with E-state index in [1.54, 1.807) is 18.2 Å². The maximum atomic E-state index is 12.2. The summed E-state index contributed by atoms with van der Waals surface area (Å²) in [6, 6.07) is 8.84. The van der Waals surface area contributed by atoms with Gasteiger partial charge in [-0.3, -0.25) is 4.79 Å². The molecule has 2 N–H and O–H groups in total. The topological polar surface area (TPSA) is 62.5 Å². The molecule has 0 spiro atoms. The molecule has 0 bridgehead atoms. The number of carbonyl (C=O) groups is 1. The Morgan fingerprint density at radius 2 is 2.23 bits per heavy atom. The maximum absolute atomic E-state index is 12.2. The van der Waals surface area contributed by atoms with E-state index in [0.29, 0.717) is 10.6 Å². The molecular formula is C15H12BrNO3S2. The molecule has 7 heteroatoms. The number of carbonyl (C=O) groups excluding carboxylic acids is 1. The van der Waals surface area contributed by atoms with Crippen LogP contribution >= 0.6 is 38.6 Å². The Hall–Kier alpha value is -1.41. The van der Waals surface area contributed by atoms with E-state index >= 15 is 0 Å². The first-order valence-corrected chi connectivity index (χ1v) is 8.97. The van der Waals surface area contributed by atoms with Gasteiger partial charge in [-0.05, 0) is 45.6 Å². The lowest BCUT2D eigenvalue weighted by molar-refractivity contribution is 0.0555. The van der Waals surface area contributed by atoms with Crippen molar-refractivity contribution < 1.29 is 14.3 Å². The molecule has 1 atom stereocenters. The van der Waals surface area contributed by atoms with Crippen LogP contribution in [0.25, 0.3) is 0 Å². The molecule has 0 aromatic carbocycles. The van der Waals surface area contributed by atoms with Gasteiger partial charge in [-0.1, -0.05) is 6.07 Å². The van der Waals surface area contributed by atoms with Gasteiger partial charge in [-0.15, -0.1) is 22.7 Å². The lowest BCUT2D eigenvalue weighted by Gasteiger charge is -2.25. The van der Waals surface area contributed by atoms with Gasteiger partial charge in [-0.25, -0.2) is 0 Å². The highest BCUT2D eigenvalue weighted by Crippen LogP contribution is 2.32. The quantitative estimate of drug-likeness (QED) is 0.687. The monoisotopic (exact) mass is 397 g/mol. The molecule has 0 aliphatic carbocycles. The highest BCUT2D eigenvalue weighted by molar-refractivity contribution is 9.10. The number of hydrogen-bond acceptors (Lipinski definition) is 5. The second-order valence-corrected chi connectivity index (χ2v) is 7.40. The van der Waals surface area contributed by atoms with Crippen molar-refractivity contribution in [2.75, 3.05) is 6.54 Å². The molecule has 1 amide bonds. The summed E-state index contributed by atoms with van der Waals surface area (Å²) >= 11 is 6.08. The van der Waals surface area contributed by atoms with Crippen LogP contribution in [0.5, 0.6) is 0 Å². The van der Waals surface area contributed by atoms with Crippen LogP contribution in [-0.2, 0) is 5.60 Å². The SMILES string of the molecule is O=C(NCC(O)(c1ccco1)c1cccs1)c1cc(Br)cs1. The number of thiophene rings is 2. The van der Waals surface area contributed by atoms with Gasteiger partial charge in [0.25, 0.3) is 5.91 Å². The summed E-state index contributed by atoms with van der Waals surface area (Å²) in [6.45, 7) is 0.0371. The van der Waals surface area contributed by atoms with E-state index in [2.05, 4.69) is 21.2 Å². The summed E-state index contributed by atoms with van der Waals surface area (Å²) < 4.78 is 6.23. The number of hydrogen-bond donors (Lipinski definition) is 2. The highest BCUT2D eigenvalue weighted by Gasteiger charge is 2.36. The smallest absolute Gasteiger partial charge is 0.261 e. The molecule has 0 aliphatic rings. The van der Waals surface area contributed by atoms with E-state index in [-0.39, 0.29) is 12.5 Å². The normalized spacial score (nSPS) is 13.7. The van der Waals surface area contributed by atoms with Gasteiger partial charge >= 0.3 is 0 Å². The van der Waals surface area contributed by atoms with Crippen LogP contribution in [0.1, 0.15) is 20.3 Å². The molecule has 3 aromatic rings. The van der Waals surface area contributed by atoms with Gasteiger partial charge in [0.1, 0.15) is 5.76 Å². The number of nitrogens with one attached hydrogen (secondary N) is 1. The number of aliphatic hydroxyl groups is 1. The van der Waals surface area contributed by atoms with Crippen molar-refractivity contribution in [1.82, 2.24) is 5.32 Å². The summed E-state index contributed by atoms with van der Waals surface area (Å²) in [5, 5.41) is 17.5. The lowest BCUT2D eigenvalue weighted by atomic mass is 9.98. The second-order valence-electron chi connectivity index (χ2n) is 4.63. The minimum atomic E-state index is -1.37. The fraction of sp³-hybridized carbons (Fsp3) is 0.133. The van der Waals surface area contributed by atoms with E-state index in [0.717, 1.165) is 9.35 Å². The lowest BCUT2D eigenvalue weighted by Crippen LogP contribution is -2.40. The van der Waals surface area contributed by atoms with Crippen molar-refractivity contribution in [3.63, 3.8) is 0 Å². The molecule has 0 saturated heterocycles. The molecule has 0 aliphatic heterocycles. The molecule has 22 heavy (non-hydrogen) atoms. The Labute approximate surface area is 143 Å². The molecular weight excluding hydrogens is 386 g/mol. The van der Waals surface area contributed by atoms with Crippen molar-refractivity contribution in [2.45, 2.75) is 5.60 Å². The van der Waals surface area contributed by atoms with Crippen molar-refractivity contribution in [1.29, 1.82) is 0 Å². The fourth-order valence-corrected chi connectivity index (χ4v) is 4.22. The molecule has 0 fully saturated rings. The molecule has 3 rings (SSSR count). The molecule has 4 nitrogen and oxygen atoms in total. The largest absolute Gasteiger partial charge is 0.466 e. The standard InChI is InChI=1S/C15H12BrNO3S2/c16-10-7-11(22-8-10)14(18)17-9-15(19,12-3-1-5-20-12)13-4-2-6-21-13/h1-8,19H,9H2,(H,17,18). The molecule has 1 unspecified atom stereocenters. The van der Waals surface area contributed by atoms with E-state index < -0.39 is 5.60 Å². The summed E-state index contributed by atoms with van der Waals surface area (Å²) in [6.07, 6.45) is 1.51. The van der Waals surface area contributed by atoms with Crippen molar-refractivity contribution in [2.24, 2.45) is 0 Å². The van der Waals surface area contributed by atoms with Crippen molar-refractivity contribution in [3.8, 4) is 0 Å². The first-order chi connectivity index (χ1) is 10.6. The Balaban J connectivity index is 1.81. The van der Waals surface area contributed by atoms with Crippen LogP contribution in [0.2, 0.25) is 0 Å². The summed E-state index contributed by atoms with van der Waals surface area (Å²) in [7, 11) is 0. The zero-order chi connectivity index (χ0) is 15.6. The van der Waals surface area contributed by atoms with Crippen LogP contribution in [0.4, 0.5) is 0 Å². The number of amides is 1. The first kappa shape index (κ1) is 15.5. The number of rotatable bonds is 5. The average Bonchev–Trinajstić information content (AvgIpc) is 3.24. The number of halogens is 1. The van der Waals surface area contributed by atoms with Crippen LogP contribution < -0.4 is 5.32 Å². The fourth-order valence-electron chi connectivity index (χ4n) is 2.05. The predicted octanol–water partition coefficient (Wildman–Crippen LogP) is 3.83. The van der Waals surface area contributed by atoms with Crippen LogP contribution in [0.3, 0.4) is 0 Å². The van der Waals surface area contributed by atoms with Crippen LogP contribution in [0.15, 0.2) is 56.2 Å². The van der Waals surface area contributed by atoms with Gasteiger partial charge in [-0.2, -0.15) is 0 Å². The molecule has 3 heterocycles. The summed E-state index contributed by atoms with van der Waals surface area (Å²) in [4.78, 5) is 13.5. The van der Waals surface area contributed by atoms with E-state index in [1.165, 1.54) is 28.9 Å². The van der Waals surface area contributed by atoms with Gasteiger partial charge in [0.05, 0.1) is 17.7 Å². The van der Waals surface area contributed by atoms with Crippen LogP contribution in [-0.4, -0.2) is 17.6 Å². The number of furan rings is 1.